The zero-order valence-electron chi connectivity index (χ0n) is 14.4. The third kappa shape index (κ3) is 4.91. The molecule has 0 aromatic carbocycles. The van der Waals surface area contributed by atoms with Crippen molar-refractivity contribution in [3.05, 3.63) is 23.9 Å². The predicted molar refractivity (Wildman–Crippen MR) is 91.5 cm³/mol. The van der Waals surface area contributed by atoms with E-state index in [9.17, 15) is 4.79 Å². The lowest BCUT2D eigenvalue weighted by Gasteiger charge is -2.34. The van der Waals surface area contributed by atoms with Gasteiger partial charge in [0.15, 0.2) is 0 Å². The molecule has 1 aromatic heterocycles. The number of carbonyl (C=O) groups excluding carboxylic acids is 1. The van der Waals surface area contributed by atoms with Crippen molar-refractivity contribution in [2.75, 3.05) is 45.3 Å². The number of carbonyl (C=O) groups is 1. The highest BCUT2D eigenvalue weighted by Crippen LogP contribution is 2.14. The summed E-state index contributed by atoms with van der Waals surface area (Å²) in [5.41, 5.74) is 1.02. The molecule has 1 aliphatic rings. The van der Waals surface area contributed by atoms with Gasteiger partial charge >= 0.3 is 0 Å². The highest BCUT2D eigenvalue weighted by Gasteiger charge is 2.28. The summed E-state index contributed by atoms with van der Waals surface area (Å²) in [6.45, 7) is 5.62. The molecule has 2 rings (SSSR count). The van der Waals surface area contributed by atoms with Gasteiger partial charge in [-0.05, 0) is 19.0 Å². The molecule has 1 aromatic rings. The van der Waals surface area contributed by atoms with E-state index in [4.69, 9.17) is 4.74 Å². The Morgan fingerprint density at radius 1 is 1.52 bits per heavy atom. The summed E-state index contributed by atoms with van der Waals surface area (Å²) in [4.78, 5) is 21.1. The molecule has 0 saturated carbocycles. The average Bonchev–Trinajstić information content (AvgIpc) is 2.58. The monoisotopic (exact) mass is 320 g/mol. The van der Waals surface area contributed by atoms with Gasteiger partial charge in [-0.15, -0.1) is 0 Å². The quantitative estimate of drug-likeness (QED) is 0.820. The highest BCUT2D eigenvalue weighted by molar-refractivity contribution is 5.82. The van der Waals surface area contributed by atoms with Crippen molar-refractivity contribution in [3.8, 4) is 0 Å². The Kier molecular flexibility index (Phi) is 6.80. The van der Waals surface area contributed by atoms with E-state index in [2.05, 4.69) is 22.1 Å². The summed E-state index contributed by atoms with van der Waals surface area (Å²) < 4.78 is 5.50. The van der Waals surface area contributed by atoms with E-state index in [1.165, 1.54) is 0 Å². The molecule has 6 nitrogen and oxygen atoms in total. The van der Waals surface area contributed by atoms with Gasteiger partial charge in [0.05, 0.1) is 13.2 Å². The molecular formula is C17H28N4O2. The van der Waals surface area contributed by atoms with Crippen molar-refractivity contribution < 1.29 is 9.53 Å². The van der Waals surface area contributed by atoms with Crippen LogP contribution in [0.2, 0.25) is 0 Å². The summed E-state index contributed by atoms with van der Waals surface area (Å²) in [5.74, 6) is 0.921. The molecule has 128 valence electrons. The van der Waals surface area contributed by atoms with Crippen LogP contribution < -0.4 is 10.2 Å². The Labute approximate surface area is 138 Å². The van der Waals surface area contributed by atoms with E-state index >= 15 is 0 Å². The van der Waals surface area contributed by atoms with Crippen LogP contribution in [0.15, 0.2) is 18.3 Å². The summed E-state index contributed by atoms with van der Waals surface area (Å²) in [6, 6.07) is 3.70. The first-order valence-corrected chi connectivity index (χ1v) is 8.34. The molecular weight excluding hydrogens is 292 g/mol. The third-order valence-corrected chi connectivity index (χ3v) is 4.09. The number of ether oxygens (including phenoxy) is 1. The van der Waals surface area contributed by atoms with Gasteiger partial charge in [0.1, 0.15) is 11.9 Å². The number of pyridine rings is 1. The Hall–Kier alpha value is -1.66. The van der Waals surface area contributed by atoms with Crippen molar-refractivity contribution in [1.29, 1.82) is 0 Å². The maximum Gasteiger partial charge on any atom is 0.240 e. The Bertz CT molecular complexity index is 507. The van der Waals surface area contributed by atoms with Crippen LogP contribution in [0, 0.1) is 0 Å². The molecule has 0 bridgehead atoms. The van der Waals surface area contributed by atoms with Crippen LogP contribution >= 0.6 is 0 Å². The number of nitrogens with zero attached hydrogens (tertiary/aromatic N) is 3. The normalized spacial score (nSPS) is 18.7. The first kappa shape index (κ1) is 17.7. The Morgan fingerprint density at radius 2 is 2.35 bits per heavy atom. The molecule has 0 aliphatic carbocycles. The van der Waals surface area contributed by atoms with Crippen molar-refractivity contribution in [3.63, 3.8) is 0 Å². The largest absolute Gasteiger partial charge is 0.378 e. The minimum absolute atomic E-state index is 0.0364. The van der Waals surface area contributed by atoms with Crippen molar-refractivity contribution >= 4 is 11.7 Å². The van der Waals surface area contributed by atoms with Crippen molar-refractivity contribution in [2.24, 2.45) is 0 Å². The first-order valence-electron chi connectivity index (χ1n) is 8.34. The number of hydrogen-bond donors (Lipinski definition) is 1. The maximum absolute atomic E-state index is 12.6. The minimum atomic E-state index is -0.185. The van der Waals surface area contributed by atoms with E-state index in [-0.39, 0.29) is 11.9 Å². The highest BCUT2D eigenvalue weighted by atomic mass is 16.5. The molecule has 1 amide bonds. The third-order valence-electron chi connectivity index (χ3n) is 4.09. The number of rotatable bonds is 7. The Morgan fingerprint density at radius 3 is 3.09 bits per heavy atom. The SMILES string of the molecule is CCCCN1CCOC[C@H]1C(=O)NCc1cccnc1N(C)C. The predicted octanol–water partition coefficient (Wildman–Crippen LogP) is 1.26. The lowest BCUT2D eigenvalue weighted by Crippen LogP contribution is -2.53. The number of aromatic nitrogens is 1. The topological polar surface area (TPSA) is 57.7 Å². The van der Waals surface area contributed by atoms with Crippen LogP contribution in [0.5, 0.6) is 0 Å². The lowest BCUT2D eigenvalue weighted by atomic mass is 10.1. The number of anilines is 1. The maximum atomic E-state index is 12.6. The van der Waals surface area contributed by atoms with Crippen LogP contribution in [0.4, 0.5) is 5.82 Å². The van der Waals surface area contributed by atoms with Gasteiger partial charge in [-0.3, -0.25) is 9.69 Å². The standard InChI is InChI=1S/C17H28N4O2/c1-4-5-9-21-10-11-23-13-15(21)17(22)19-12-14-7-6-8-18-16(14)20(2)3/h6-8,15H,4-5,9-13H2,1-3H3,(H,19,22)/t15-/m0/s1. The molecule has 1 fully saturated rings. The second-order valence-electron chi connectivity index (χ2n) is 6.08. The molecule has 1 aliphatic heterocycles. The van der Waals surface area contributed by atoms with Gasteiger partial charge in [-0.2, -0.15) is 0 Å². The van der Waals surface area contributed by atoms with E-state index in [1.807, 2.05) is 31.1 Å². The summed E-state index contributed by atoms with van der Waals surface area (Å²) in [5, 5.41) is 3.04. The zero-order chi connectivity index (χ0) is 16.7. The average molecular weight is 320 g/mol. The van der Waals surface area contributed by atoms with E-state index in [0.29, 0.717) is 19.8 Å². The van der Waals surface area contributed by atoms with E-state index < -0.39 is 0 Å². The molecule has 0 unspecified atom stereocenters. The number of amides is 1. The van der Waals surface area contributed by atoms with Gasteiger partial charge in [-0.1, -0.05) is 19.4 Å². The number of nitrogens with one attached hydrogen (secondary N) is 1. The molecule has 1 N–H and O–H groups in total. The molecule has 1 saturated heterocycles. The fourth-order valence-electron chi connectivity index (χ4n) is 2.78. The summed E-state index contributed by atoms with van der Waals surface area (Å²) in [7, 11) is 3.91. The first-order chi connectivity index (χ1) is 11.1. The minimum Gasteiger partial charge on any atom is -0.378 e. The fourth-order valence-corrected chi connectivity index (χ4v) is 2.78. The van der Waals surface area contributed by atoms with Gasteiger partial charge in [0, 0.05) is 38.9 Å². The smallest absolute Gasteiger partial charge is 0.240 e. The van der Waals surface area contributed by atoms with Crippen LogP contribution in [-0.2, 0) is 16.1 Å². The summed E-state index contributed by atoms with van der Waals surface area (Å²) >= 11 is 0. The second-order valence-corrected chi connectivity index (χ2v) is 6.08. The molecule has 23 heavy (non-hydrogen) atoms. The van der Waals surface area contributed by atoms with Crippen LogP contribution in [-0.4, -0.2) is 62.2 Å². The second kappa shape index (κ2) is 8.84. The van der Waals surface area contributed by atoms with Crippen LogP contribution in [0.25, 0.3) is 0 Å². The number of morpholine rings is 1. The Balaban J connectivity index is 1.95. The lowest BCUT2D eigenvalue weighted by molar-refractivity contribution is -0.132. The number of unbranched alkanes of at least 4 members (excludes halogenated alkanes) is 1. The van der Waals surface area contributed by atoms with Crippen molar-refractivity contribution in [1.82, 2.24) is 15.2 Å². The molecule has 0 radical (unpaired) electrons. The molecule has 0 spiro atoms. The van der Waals surface area contributed by atoms with Crippen molar-refractivity contribution in [2.45, 2.75) is 32.4 Å². The summed E-state index contributed by atoms with van der Waals surface area (Å²) in [6.07, 6.45) is 4.01. The zero-order valence-corrected chi connectivity index (χ0v) is 14.4. The van der Waals surface area contributed by atoms with Crippen LogP contribution in [0.3, 0.4) is 0 Å². The number of hydrogen-bond acceptors (Lipinski definition) is 5. The van der Waals surface area contributed by atoms with Gasteiger partial charge < -0.3 is 15.0 Å². The molecule has 6 heteroatoms. The van der Waals surface area contributed by atoms with Gasteiger partial charge in [0.2, 0.25) is 5.91 Å². The van der Waals surface area contributed by atoms with Gasteiger partial charge in [0.25, 0.3) is 0 Å². The van der Waals surface area contributed by atoms with Crippen LogP contribution in [0.1, 0.15) is 25.3 Å². The molecule has 1 atom stereocenters. The fraction of sp³-hybridized carbons (Fsp3) is 0.647. The van der Waals surface area contributed by atoms with Gasteiger partial charge in [-0.25, -0.2) is 4.98 Å². The van der Waals surface area contributed by atoms with E-state index in [0.717, 1.165) is 37.3 Å². The van der Waals surface area contributed by atoms with E-state index in [1.54, 1.807) is 6.20 Å². The molecule has 2 heterocycles.